The first-order valence-electron chi connectivity index (χ1n) is 18.0. The van der Waals surface area contributed by atoms with E-state index < -0.39 is 53.3 Å². The number of aromatic amines is 1. The largest absolute Gasteiger partial charge is 0.433 e. The van der Waals surface area contributed by atoms with Gasteiger partial charge in [-0.15, -0.1) is 0 Å². The molecule has 0 atom stereocenters. The predicted molar refractivity (Wildman–Crippen MR) is 202 cm³/mol. The Balaban J connectivity index is 0.000000159. The molecule has 2 aliphatic carbocycles. The summed E-state index contributed by atoms with van der Waals surface area (Å²) in [5, 5.41) is 10.8. The van der Waals surface area contributed by atoms with Crippen LogP contribution < -0.4 is 0 Å². The van der Waals surface area contributed by atoms with E-state index in [4.69, 9.17) is 0 Å². The van der Waals surface area contributed by atoms with Crippen LogP contribution in [0.3, 0.4) is 0 Å². The summed E-state index contributed by atoms with van der Waals surface area (Å²) in [6.07, 6.45) is 3.16. The normalized spacial score (nSPS) is 15.1. The van der Waals surface area contributed by atoms with Gasteiger partial charge in [0, 0.05) is 41.8 Å². The number of fused-ring (bicyclic) bond motifs is 2. The van der Waals surface area contributed by atoms with E-state index in [-0.39, 0.29) is 43.4 Å². The number of hydrogen-bond acceptors (Lipinski definition) is 12. The highest BCUT2D eigenvalue weighted by Gasteiger charge is 2.35. The van der Waals surface area contributed by atoms with Crippen LogP contribution in [0.1, 0.15) is 80.8 Å². The summed E-state index contributed by atoms with van der Waals surface area (Å²) in [6, 6.07) is 4.86. The van der Waals surface area contributed by atoms with Crippen LogP contribution in [0.4, 0.5) is 26.3 Å². The molecule has 2 saturated carbocycles. The zero-order valence-corrected chi connectivity index (χ0v) is 33.9. The Bertz CT molecular complexity index is 2860. The van der Waals surface area contributed by atoms with Crippen LogP contribution in [-0.4, -0.2) is 82.4 Å². The first kappa shape index (κ1) is 43.5. The van der Waals surface area contributed by atoms with Gasteiger partial charge in [-0.1, -0.05) is 20.8 Å². The molecule has 0 amide bonds. The van der Waals surface area contributed by atoms with E-state index in [1.807, 2.05) is 0 Å². The van der Waals surface area contributed by atoms with Gasteiger partial charge in [-0.05, 0) is 72.9 Å². The summed E-state index contributed by atoms with van der Waals surface area (Å²) in [6.45, 7) is 4.51. The lowest BCUT2D eigenvalue weighted by atomic mass is 10.2. The molecular weight excluding hydrogens is 851 g/mol. The number of alkyl halides is 6. The summed E-state index contributed by atoms with van der Waals surface area (Å²) in [7, 11) is -10.8. The lowest BCUT2D eigenvalue weighted by Gasteiger charge is -2.10. The quantitative estimate of drug-likeness (QED) is 0.146. The second-order valence-corrected chi connectivity index (χ2v) is 20.3. The van der Waals surface area contributed by atoms with Crippen LogP contribution in [0.25, 0.3) is 27.6 Å². The molecule has 1 N–H and O–H groups in total. The minimum atomic E-state index is -4.58. The van der Waals surface area contributed by atoms with Gasteiger partial charge in [-0.25, -0.2) is 39.9 Å². The molecule has 0 spiro atoms. The molecule has 6 heterocycles. The average Bonchev–Trinajstić information content (AvgIpc) is 4.14. The second kappa shape index (κ2) is 16.2. The van der Waals surface area contributed by atoms with Gasteiger partial charge in [0.05, 0.1) is 34.5 Å². The topological polar surface area (TPSA) is 200 Å². The van der Waals surface area contributed by atoms with Crippen molar-refractivity contribution in [1.29, 1.82) is 0 Å². The smallest absolute Gasteiger partial charge is 0.278 e. The van der Waals surface area contributed by atoms with Crippen molar-refractivity contribution in [1.82, 2.24) is 39.9 Å². The highest BCUT2D eigenvalue weighted by atomic mass is 32.2. The van der Waals surface area contributed by atoms with E-state index in [0.29, 0.717) is 28.1 Å². The Morgan fingerprint density at radius 1 is 0.627 bits per heavy atom. The van der Waals surface area contributed by atoms with Gasteiger partial charge in [0.25, 0.3) is 0 Å². The van der Waals surface area contributed by atoms with Gasteiger partial charge in [0.2, 0.25) is 0 Å². The predicted octanol–water partition coefficient (Wildman–Crippen LogP) is 7.03. The van der Waals surface area contributed by atoms with Crippen LogP contribution in [0.15, 0.2) is 76.3 Å². The number of rotatable bonds is 9. The lowest BCUT2D eigenvalue weighted by Crippen LogP contribution is -2.15. The highest BCUT2D eigenvalue weighted by Crippen LogP contribution is 2.42. The Labute approximate surface area is 334 Å². The maximum Gasteiger partial charge on any atom is 0.433 e. The van der Waals surface area contributed by atoms with Crippen LogP contribution in [-0.2, 0) is 41.9 Å². The second-order valence-electron chi connectivity index (χ2n) is 13.6. The van der Waals surface area contributed by atoms with E-state index in [9.17, 15) is 51.6 Å². The summed E-state index contributed by atoms with van der Waals surface area (Å²) in [4.78, 5) is 14.8. The third-order valence-corrected chi connectivity index (χ3v) is 14.7. The maximum absolute atomic E-state index is 12.8. The summed E-state index contributed by atoms with van der Waals surface area (Å²) < 4.78 is 149. The summed E-state index contributed by atoms with van der Waals surface area (Å²) in [5.74, 6) is 0.315. The number of H-pyrrole nitrogens is 1. The van der Waals surface area contributed by atoms with Gasteiger partial charge >= 0.3 is 12.4 Å². The number of sulfone groups is 3. The molecule has 59 heavy (non-hydrogen) atoms. The third-order valence-electron chi connectivity index (χ3n) is 9.41. The van der Waals surface area contributed by atoms with Gasteiger partial charge in [0.15, 0.2) is 40.4 Å². The molecule has 316 valence electrons. The fourth-order valence-electron chi connectivity index (χ4n) is 5.66. The number of aromatic nitrogens is 8. The van der Waals surface area contributed by atoms with Crippen LogP contribution in [0, 0.1) is 0 Å². The van der Waals surface area contributed by atoms with E-state index in [1.54, 1.807) is 12.3 Å². The maximum atomic E-state index is 12.8. The number of nitrogens with one attached hydrogen (secondary N) is 1. The molecule has 2 aliphatic rings. The van der Waals surface area contributed by atoms with Crippen molar-refractivity contribution in [2.24, 2.45) is 0 Å². The molecule has 6 aromatic heterocycles. The van der Waals surface area contributed by atoms with Gasteiger partial charge in [-0.3, -0.25) is 15.1 Å². The molecule has 23 heteroatoms. The molecule has 8 rings (SSSR count). The van der Waals surface area contributed by atoms with E-state index in [1.165, 1.54) is 50.1 Å². The van der Waals surface area contributed by atoms with E-state index in [0.717, 1.165) is 61.3 Å². The molecule has 14 nitrogen and oxygen atoms in total. The first-order valence-corrected chi connectivity index (χ1v) is 23.0. The fraction of sp³-hybridized carbons (Fsp3) is 0.389. The SMILES string of the molecule is CCS(=O)(=O)c1cc(C2CC2)cnc1-n1cc2cnc(C(F)(F)F)cc2n1.CCS(=O)(=O)c1cc(C2CC2)cnc1S(=O)(=O)CC.FC(F)(F)c1cc2[nH]ncc2cn1. The minimum absolute atomic E-state index is 0.0335. The third kappa shape index (κ3) is 9.89. The molecule has 6 aromatic rings. The van der Waals surface area contributed by atoms with Crippen LogP contribution >= 0.6 is 0 Å². The van der Waals surface area contributed by atoms with Crippen molar-refractivity contribution < 1.29 is 51.6 Å². The van der Waals surface area contributed by atoms with Crippen molar-refractivity contribution in [2.45, 2.75) is 85.5 Å². The average molecular weight is 887 g/mol. The Morgan fingerprint density at radius 3 is 1.68 bits per heavy atom. The van der Waals surface area contributed by atoms with Crippen molar-refractivity contribution in [3.8, 4) is 5.82 Å². The molecule has 0 saturated heterocycles. The van der Waals surface area contributed by atoms with Gasteiger partial charge < -0.3 is 0 Å². The van der Waals surface area contributed by atoms with Crippen molar-refractivity contribution in [2.75, 3.05) is 17.3 Å². The fourth-order valence-corrected chi connectivity index (χ4v) is 9.27. The molecule has 0 unspecified atom stereocenters. The summed E-state index contributed by atoms with van der Waals surface area (Å²) in [5.41, 5.74) is 0.0982. The molecule has 0 bridgehead atoms. The standard InChI is InChI=1S/C17H15F3N4O2S.C12H17NO4S2.C7H4F3N3/c1-2-27(25,26)14-5-11(10-3-4-10)7-22-16(14)24-9-12-8-21-15(17(18,19)20)6-13(12)23-24;1-3-18(14,15)11-7-10(9-5-6-9)8-13-12(11)19(16,17)4-2;8-7(9,10)6-1-5-4(2-11-6)3-12-13-5/h5-10H,2-4H2,1H3;7-9H,3-6H2,1-2H3;1-3H,(H,12,13). The molecule has 0 radical (unpaired) electrons. The van der Waals surface area contributed by atoms with E-state index >= 15 is 0 Å². The van der Waals surface area contributed by atoms with Gasteiger partial charge in [0.1, 0.15) is 21.2 Å². The summed E-state index contributed by atoms with van der Waals surface area (Å²) >= 11 is 0. The molecule has 0 aromatic carbocycles. The first-order chi connectivity index (χ1) is 27.6. The molecule has 0 aliphatic heterocycles. The lowest BCUT2D eigenvalue weighted by molar-refractivity contribution is -0.141. The molecular formula is C36H36F6N8O6S3. The number of hydrogen-bond donors (Lipinski definition) is 1. The van der Waals surface area contributed by atoms with Crippen molar-refractivity contribution in [3.63, 3.8) is 0 Å². The zero-order valence-electron chi connectivity index (χ0n) is 31.5. The number of nitrogens with zero attached hydrogens (tertiary/aromatic N) is 7. The van der Waals surface area contributed by atoms with E-state index in [2.05, 4.69) is 35.2 Å². The number of halogens is 6. The minimum Gasteiger partial charge on any atom is -0.278 e. The Morgan fingerprint density at radius 2 is 1.14 bits per heavy atom. The Kier molecular flexibility index (Phi) is 12.0. The monoisotopic (exact) mass is 886 g/mol. The van der Waals surface area contributed by atoms with Crippen molar-refractivity contribution in [3.05, 3.63) is 84.0 Å². The zero-order chi connectivity index (χ0) is 43.1. The van der Waals surface area contributed by atoms with Crippen LogP contribution in [0.5, 0.6) is 0 Å². The highest BCUT2D eigenvalue weighted by molar-refractivity contribution is 7.94. The number of pyridine rings is 4. The van der Waals surface area contributed by atoms with Gasteiger partial charge in [-0.2, -0.15) is 36.5 Å². The Hall–Kier alpha value is -5.03. The van der Waals surface area contributed by atoms with Crippen molar-refractivity contribution >= 4 is 51.3 Å². The molecule has 2 fully saturated rings. The van der Waals surface area contributed by atoms with Crippen LogP contribution in [0.2, 0.25) is 0 Å².